The standard InChI is InChI=1S/C5H12N2.Pt/c1-2-3-4-5(6)7;/h2-4H2,1H3,(H3,6,7);. The van der Waals surface area contributed by atoms with E-state index in [1.54, 1.807) is 0 Å². The molecule has 52 valence electrons. The number of unbranched alkanes of at least 4 members (excludes halogenated alkanes) is 1. The van der Waals surface area contributed by atoms with E-state index in [1.807, 2.05) is 0 Å². The molecule has 0 fully saturated rings. The van der Waals surface area contributed by atoms with Crippen LogP contribution in [0, 0.1) is 5.41 Å². The van der Waals surface area contributed by atoms with Gasteiger partial charge in [0, 0.05) is 27.5 Å². The molecule has 0 rings (SSSR count). The van der Waals surface area contributed by atoms with Crippen molar-refractivity contribution in [1.82, 2.24) is 0 Å². The average Bonchev–Trinajstić information content (AvgIpc) is 1.61. The third-order valence-electron chi connectivity index (χ3n) is 0.800. The number of nitrogens with two attached hydrogens (primary N) is 1. The van der Waals surface area contributed by atoms with Gasteiger partial charge in [-0.05, 0) is 6.42 Å². The van der Waals surface area contributed by atoms with Crippen molar-refractivity contribution in [3.8, 4) is 0 Å². The van der Waals surface area contributed by atoms with Gasteiger partial charge in [-0.25, -0.2) is 0 Å². The van der Waals surface area contributed by atoms with Crippen LogP contribution >= 0.6 is 0 Å². The fraction of sp³-hybridized carbons (Fsp3) is 0.800. The van der Waals surface area contributed by atoms with E-state index in [4.69, 9.17) is 11.1 Å². The van der Waals surface area contributed by atoms with Gasteiger partial charge in [0.2, 0.25) is 0 Å². The Labute approximate surface area is 64.6 Å². The first-order valence-corrected chi connectivity index (χ1v) is 2.60. The van der Waals surface area contributed by atoms with E-state index < -0.39 is 0 Å². The molecule has 0 saturated heterocycles. The van der Waals surface area contributed by atoms with Gasteiger partial charge in [0.15, 0.2) is 0 Å². The van der Waals surface area contributed by atoms with E-state index in [9.17, 15) is 0 Å². The van der Waals surface area contributed by atoms with Crippen LogP contribution in [0.2, 0.25) is 0 Å². The summed E-state index contributed by atoms with van der Waals surface area (Å²) in [4.78, 5) is 0. The maximum Gasteiger partial charge on any atom is 0.0905 e. The molecule has 0 aromatic heterocycles. The van der Waals surface area contributed by atoms with Crippen LogP contribution in [0.5, 0.6) is 0 Å². The molecule has 0 aromatic carbocycles. The van der Waals surface area contributed by atoms with Crippen molar-refractivity contribution in [2.24, 2.45) is 5.73 Å². The molecule has 0 amide bonds. The molecule has 0 aliphatic rings. The molecule has 3 heteroatoms. The summed E-state index contributed by atoms with van der Waals surface area (Å²) in [7, 11) is 0. The Morgan fingerprint density at radius 1 is 1.62 bits per heavy atom. The van der Waals surface area contributed by atoms with Crippen molar-refractivity contribution in [2.75, 3.05) is 0 Å². The normalized spacial score (nSPS) is 7.62. The largest absolute Gasteiger partial charge is 0.388 e. The quantitative estimate of drug-likeness (QED) is 0.595. The predicted molar refractivity (Wildman–Crippen MR) is 31.4 cm³/mol. The van der Waals surface area contributed by atoms with Gasteiger partial charge in [0.25, 0.3) is 0 Å². The van der Waals surface area contributed by atoms with Gasteiger partial charge in [0.1, 0.15) is 0 Å². The maximum absolute atomic E-state index is 6.78. The van der Waals surface area contributed by atoms with Crippen molar-refractivity contribution in [2.45, 2.75) is 26.2 Å². The van der Waals surface area contributed by atoms with Gasteiger partial charge >= 0.3 is 0 Å². The number of hydrogen-bond donors (Lipinski definition) is 2. The summed E-state index contributed by atoms with van der Waals surface area (Å²) in [5.74, 6) is 0.307. The van der Waals surface area contributed by atoms with Crippen LogP contribution in [-0.4, -0.2) is 5.84 Å². The molecule has 0 aromatic rings. The maximum atomic E-state index is 6.78. The van der Waals surface area contributed by atoms with Crippen molar-refractivity contribution >= 4 is 5.84 Å². The zero-order chi connectivity index (χ0) is 5.70. The zero-order valence-corrected chi connectivity index (χ0v) is 7.29. The van der Waals surface area contributed by atoms with Crippen LogP contribution in [0.3, 0.4) is 0 Å². The van der Waals surface area contributed by atoms with Crippen LogP contribution in [0.15, 0.2) is 0 Å². The second-order valence-electron chi connectivity index (χ2n) is 1.63. The molecule has 0 bridgehead atoms. The van der Waals surface area contributed by atoms with E-state index in [0.29, 0.717) is 5.84 Å². The van der Waals surface area contributed by atoms with E-state index in [2.05, 4.69) is 6.92 Å². The van der Waals surface area contributed by atoms with Gasteiger partial charge in [-0.3, -0.25) is 5.41 Å². The van der Waals surface area contributed by atoms with Crippen LogP contribution in [0.4, 0.5) is 0 Å². The summed E-state index contributed by atoms with van der Waals surface area (Å²) in [6.07, 6.45) is 2.94. The molecule has 8 heavy (non-hydrogen) atoms. The molecule has 0 heterocycles. The van der Waals surface area contributed by atoms with Gasteiger partial charge in [-0.15, -0.1) is 0 Å². The monoisotopic (exact) mass is 295 g/mol. The minimum absolute atomic E-state index is 0. The third-order valence-corrected chi connectivity index (χ3v) is 0.800. The average molecular weight is 295 g/mol. The molecule has 0 saturated carbocycles. The SMILES string of the molecule is CCCCC(=N)N.[Pt]. The van der Waals surface area contributed by atoms with Crippen LogP contribution in [-0.2, 0) is 21.1 Å². The van der Waals surface area contributed by atoms with Crippen LogP contribution in [0.25, 0.3) is 0 Å². The van der Waals surface area contributed by atoms with Gasteiger partial charge in [-0.1, -0.05) is 13.3 Å². The van der Waals surface area contributed by atoms with Crippen molar-refractivity contribution in [3.63, 3.8) is 0 Å². The number of nitrogens with one attached hydrogen (secondary N) is 1. The molecule has 0 radical (unpaired) electrons. The van der Waals surface area contributed by atoms with Gasteiger partial charge in [0.05, 0.1) is 5.84 Å². The van der Waals surface area contributed by atoms with Crippen molar-refractivity contribution in [1.29, 1.82) is 5.41 Å². The molecular weight excluding hydrogens is 283 g/mol. The molecule has 0 unspecified atom stereocenters. The zero-order valence-electron chi connectivity index (χ0n) is 5.01. The van der Waals surface area contributed by atoms with Gasteiger partial charge < -0.3 is 5.73 Å². The fourth-order valence-electron chi connectivity index (χ4n) is 0.367. The number of rotatable bonds is 3. The predicted octanol–water partition coefficient (Wildman–Crippen LogP) is 1.11. The third kappa shape index (κ3) is 9.48. The second-order valence-corrected chi connectivity index (χ2v) is 1.63. The molecular formula is C5H12N2Pt. The summed E-state index contributed by atoms with van der Waals surface area (Å²) in [5, 5.41) is 6.78. The van der Waals surface area contributed by atoms with Crippen LogP contribution in [0.1, 0.15) is 26.2 Å². The van der Waals surface area contributed by atoms with E-state index in [0.717, 1.165) is 19.3 Å². The summed E-state index contributed by atoms with van der Waals surface area (Å²) in [6, 6.07) is 0. The minimum Gasteiger partial charge on any atom is -0.388 e. The fourth-order valence-corrected chi connectivity index (χ4v) is 0.367. The summed E-state index contributed by atoms with van der Waals surface area (Å²) in [5.41, 5.74) is 5.06. The first-order valence-electron chi connectivity index (χ1n) is 2.60. The molecule has 0 aliphatic heterocycles. The summed E-state index contributed by atoms with van der Waals surface area (Å²) < 4.78 is 0. The first kappa shape index (κ1) is 11.0. The molecule has 2 nitrogen and oxygen atoms in total. The Hall–Kier alpha value is 0.158. The van der Waals surface area contributed by atoms with E-state index in [1.165, 1.54) is 0 Å². The van der Waals surface area contributed by atoms with Crippen LogP contribution < -0.4 is 5.73 Å². The van der Waals surface area contributed by atoms with E-state index >= 15 is 0 Å². The van der Waals surface area contributed by atoms with E-state index in [-0.39, 0.29) is 21.1 Å². The molecule has 0 atom stereocenters. The topological polar surface area (TPSA) is 49.9 Å². The number of amidine groups is 1. The second kappa shape index (κ2) is 7.16. The Balaban J connectivity index is 0. The van der Waals surface area contributed by atoms with Crippen molar-refractivity contribution < 1.29 is 21.1 Å². The number of hydrogen-bond acceptors (Lipinski definition) is 1. The molecule has 0 spiro atoms. The Morgan fingerprint density at radius 2 is 2.12 bits per heavy atom. The van der Waals surface area contributed by atoms with Gasteiger partial charge in [-0.2, -0.15) is 0 Å². The molecule has 3 N–H and O–H groups in total. The minimum atomic E-state index is 0. The Morgan fingerprint density at radius 3 is 2.25 bits per heavy atom. The van der Waals surface area contributed by atoms with Crippen molar-refractivity contribution in [3.05, 3.63) is 0 Å². The Kier molecular flexibility index (Phi) is 9.86. The summed E-state index contributed by atoms with van der Waals surface area (Å²) in [6.45, 7) is 2.09. The smallest absolute Gasteiger partial charge is 0.0905 e. The molecule has 0 aliphatic carbocycles. The Bertz CT molecular complexity index is 63.4. The first-order chi connectivity index (χ1) is 3.27. The summed E-state index contributed by atoms with van der Waals surface area (Å²) >= 11 is 0.